The van der Waals surface area contributed by atoms with E-state index in [1.165, 1.54) is 24.8 Å². The van der Waals surface area contributed by atoms with Crippen molar-refractivity contribution in [3.05, 3.63) is 41.6 Å². The first-order chi connectivity index (χ1) is 8.18. The average Bonchev–Trinajstić information content (AvgIpc) is 2.32. The van der Waals surface area contributed by atoms with E-state index in [-0.39, 0.29) is 22.3 Å². The zero-order valence-corrected chi connectivity index (χ0v) is 9.13. The summed E-state index contributed by atoms with van der Waals surface area (Å²) in [4.78, 5) is 22.1. The summed E-state index contributed by atoms with van der Waals surface area (Å²) in [5.74, 6) is -1.04. The molecule has 0 amide bonds. The Morgan fingerprint density at radius 2 is 2.24 bits per heavy atom. The van der Waals surface area contributed by atoms with Gasteiger partial charge in [0.05, 0.1) is 6.20 Å². The number of aromatic nitrogens is 3. The molecular formula is C10H6ClN3O3. The second-order valence-electron chi connectivity index (χ2n) is 2.93. The summed E-state index contributed by atoms with van der Waals surface area (Å²) in [7, 11) is 0. The van der Waals surface area contributed by atoms with Gasteiger partial charge in [0.15, 0.2) is 11.4 Å². The van der Waals surface area contributed by atoms with Crippen molar-refractivity contribution in [3.8, 4) is 11.6 Å². The number of carboxylic acids is 1. The van der Waals surface area contributed by atoms with Gasteiger partial charge in [-0.3, -0.25) is 0 Å². The SMILES string of the molecule is O=C(O)c1ncccc1Oc1ncncc1Cl. The lowest BCUT2D eigenvalue weighted by atomic mass is 10.3. The molecule has 2 heterocycles. The summed E-state index contributed by atoms with van der Waals surface area (Å²) < 4.78 is 5.28. The van der Waals surface area contributed by atoms with E-state index in [2.05, 4.69) is 15.0 Å². The number of halogens is 1. The number of rotatable bonds is 3. The van der Waals surface area contributed by atoms with Crippen molar-refractivity contribution in [1.82, 2.24) is 15.0 Å². The van der Waals surface area contributed by atoms with Crippen molar-refractivity contribution in [1.29, 1.82) is 0 Å². The van der Waals surface area contributed by atoms with Gasteiger partial charge >= 0.3 is 5.97 Å². The number of aromatic carboxylic acids is 1. The van der Waals surface area contributed by atoms with E-state index in [0.717, 1.165) is 0 Å². The Kier molecular flexibility index (Phi) is 3.15. The molecule has 0 unspecified atom stereocenters. The van der Waals surface area contributed by atoms with Gasteiger partial charge in [-0.05, 0) is 12.1 Å². The molecule has 0 aliphatic heterocycles. The van der Waals surface area contributed by atoms with Crippen LogP contribution < -0.4 is 4.74 Å². The van der Waals surface area contributed by atoms with Crippen LogP contribution in [0.3, 0.4) is 0 Å². The normalized spacial score (nSPS) is 9.94. The third-order valence-electron chi connectivity index (χ3n) is 1.81. The van der Waals surface area contributed by atoms with E-state index in [1.54, 1.807) is 6.07 Å². The number of carbonyl (C=O) groups is 1. The Morgan fingerprint density at radius 1 is 1.41 bits per heavy atom. The number of carboxylic acid groups (broad SMARTS) is 1. The molecule has 0 bridgehead atoms. The molecular weight excluding hydrogens is 246 g/mol. The molecule has 2 rings (SSSR count). The van der Waals surface area contributed by atoms with E-state index < -0.39 is 5.97 Å². The first-order valence-electron chi connectivity index (χ1n) is 4.50. The lowest BCUT2D eigenvalue weighted by Gasteiger charge is -2.07. The van der Waals surface area contributed by atoms with Gasteiger partial charge in [0, 0.05) is 6.20 Å². The first kappa shape index (κ1) is 11.3. The topological polar surface area (TPSA) is 85.2 Å². The standard InChI is InChI=1S/C10H6ClN3O3/c11-6-4-12-5-14-9(6)17-7-2-1-3-13-8(7)10(15)16/h1-5H,(H,15,16). The molecule has 1 N–H and O–H groups in total. The predicted octanol–water partition coefficient (Wildman–Crippen LogP) is 2.02. The molecule has 86 valence electrons. The van der Waals surface area contributed by atoms with E-state index in [9.17, 15) is 4.79 Å². The Morgan fingerprint density at radius 3 is 2.94 bits per heavy atom. The highest BCUT2D eigenvalue weighted by Crippen LogP contribution is 2.27. The molecule has 0 aromatic carbocycles. The van der Waals surface area contributed by atoms with Crippen LogP contribution in [-0.4, -0.2) is 26.0 Å². The maximum absolute atomic E-state index is 10.9. The lowest BCUT2D eigenvalue weighted by molar-refractivity contribution is 0.0687. The van der Waals surface area contributed by atoms with Gasteiger partial charge in [-0.25, -0.2) is 19.7 Å². The lowest BCUT2D eigenvalue weighted by Crippen LogP contribution is -2.03. The average molecular weight is 252 g/mol. The minimum atomic E-state index is -1.19. The summed E-state index contributed by atoms with van der Waals surface area (Å²) in [6, 6.07) is 3.02. The smallest absolute Gasteiger partial charge is 0.358 e. The van der Waals surface area contributed by atoms with Gasteiger partial charge in [0.1, 0.15) is 11.3 Å². The summed E-state index contributed by atoms with van der Waals surface area (Å²) in [6.07, 6.45) is 3.95. The molecule has 0 aliphatic rings. The van der Waals surface area contributed by atoms with Crippen LogP contribution in [0.1, 0.15) is 10.5 Å². The van der Waals surface area contributed by atoms with Crippen LogP contribution in [0, 0.1) is 0 Å². The van der Waals surface area contributed by atoms with Crippen LogP contribution in [0.15, 0.2) is 30.9 Å². The largest absolute Gasteiger partial charge is 0.476 e. The molecule has 2 aromatic rings. The minimum Gasteiger partial charge on any atom is -0.476 e. The Labute approximate surface area is 101 Å². The van der Waals surface area contributed by atoms with Gasteiger partial charge in [0.25, 0.3) is 0 Å². The summed E-state index contributed by atoms with van der Waals surface area (Å²) in [6.45, 7) is 0. The second-order valence-corrected chi connectivity index (χ2v) is 3.34. The van der Waals surface area contributed by atoms with E-state index in [4.69, 9.17) is 21.4 Å². The zero-order chi connectivity index (χ0) is 12.3. The van der Waals surface area contributed by atoms with Crippen LogP contribution >= 0.6 is 11.6 Å². The molecule has 0 atom stereocenters. The van der Waals surface area contributed by atoms with E-state index in [1.807, 2.05) is 0 Å². The van der Waals surface area contributed by atoms with Crippen LogP contribution in [-0.2, 0) is 0 Å². The fourth-order valence-electron chi connectivity index (χ4n) is 1.11. The van der Waals surface area contributed by atoms with Gasteiger partial charge in [-0.1, -0.05) is 11.6 Å². The molecule has 0 aliphatic carbocycles. The van der Waals surface area contributed by atoms with Crippen LogP contribution in [0.5, 0.6) is 11.6 Å². The van der Waals surface area contributed by atoms with Crippen LogP contribution in [0.2, 0.25) is 5.02 Å². The highest BCUT2D eigenvalue weighted by Gasteiger charge is 2.14. The summed E-state index contributed by atoms with van der Waals surface area (Å²) in [5.41, 5.74) is -0.206. The molecule has 0 saturated carbocycles. The number of hydrogen-bond acceptors (Lipinski definition) is 5. The Balaban J connectivity index is 2.37. The fraction of sp³-hybridized carbons (Fsp3) is 0. The number of ether oxygens (including phenoxy) is 1. The number of nitrogens with zero attached hydrogens (tertiary/aromatic N) is 3. The zero-order valence-electron chi connectivity index (χ0n) is 8.37. The molecule has 0 saturated heterocycles. The predicted molar refractivity (Wildman–Crippen MR) is 58.3 cm³/mol. The first-order valence-corrected chi connectivity index (χ1v) is 4.88. The number of pyridine rings is 1. The second kappa shape index (κ2) is 4.75. The van der Waals surface area contributed by atoms with E-state index >= 15 is 0 Å². The van der Waals surface area contributed by atoms with Crippen molar-refractivity contribution in [2.24, 2.45) is 0 Å². The highest BCUT2D eigenvalue weighted by atomic mass is 35.5. The quantitative estimate of drug-likeness (QED) is 0.898. The number of hydrogen-bond donors (Lipinski definition) is 1. The van der Waals surface area contributed by atoms with E-state index in [0.29, 0.717) is 0 Å². The molecule has 0 radical (unpaired) electrons. The molecule has 0 fully saturated rings. The molecule has 7 heteroatoms. The molecule has 6 nitrogen and oxygen atoms in total. The van der Waals surface area contributed by atoms with Crippen LogP contribution in [0.4, 0.5) is 0 Å². The summed E-state index contributed by atoms with van der Waals surface area (Å²) in [5, 5.41) is 9.09. The van der Waals surface area contributed by atoms with Crippen molar-refractivity contribution in [3.63, 3.8) is 0 Å². The fourth-order valence-corrected chi connectivity index (χ4v) is 1.26. The third-order valence-corrected chi connectivity index (χ3v) is 2.07. The highest BCUT2D eigenvalue weighted by molar-refractivity contribution is 6.31. The van der Waals surface area contributed by atoms with Gasteiger partial charge < -0.3 is 9.84 Å². The molecule has 2 aromatic heterocycles. The van der Waals surface area contributed by atoms with Crippen molar-refractivity contribution in [2.75, 3.05) is 0 Å². The van der Waals surface area contributed by atoms with Gasteiger partial charge in [0.2, 0.25) is 5.88 Å². The maximum atomic E-state index is 10.9. The Hall–Kier alpha value is -2.21. The van der Waals surface area contributed by atoms with Crippen molar-refractivity contribution < 1.29 is 14.6 Å². The van der Waals surface area contributed by atoms with Crippen molar-refractivity contribution >= 4 is 17.6 Å². The minimum absolute atomic E-state index is 0.0700. The molecule has 17 heavy (non-hydrogen) atoms. The van der Waals surface area contributed by atoms with Gasteiger partial charge in [-0.15, -0.1) is 0 Å². The monoisotopic (exact) mass is 251 g/mol. The summed E-state index contributed by atoms with van der Waals surface area (Å²) >= 11 is 5.79. The Bertz CT molecular complexity index is 562. The molecule has 0 spiro atoms. The van der Waals surface area contributed by atoms with Crippen molar-refractivity contribution in [2.45, 2.75) is 0 Å². The van der Waals surface area contributed by atoms with Crippen LogP contribution in [0.25, 0.3) is 0 Å². The maximum Gasteiger partial charge on any atom is 0.358 e. The van der Waals surface area contributed by atoms with Gasteiger partial charge in [-0.2, -0.15) is 0 Å². The third kappa shape index (κ3) is 2.48.